The largest absolute Gasteiger partial charge is 0.466 e. The fourth-order valence-corrected chi connectivity index (χ4v) is 1.50. The fraction of sp³-hybridized carbons (Fsp3) is 0.667. The number of aryl methyl sites for hydroxylation is 1. The molecule has 1 aromatic heterocycles. The van der Waals surface area contributed by atoms with Crippen molar-refractivity contribution in [2.24, 2.45) is 0 Å². The van der Waals surface area contributed by atoms with Crippen LogP contribution in [0.4, 0.5) is 0 Å². The smallest absolute Gasteiger partial charge is 0.305 e. The van der Waals surface area contributed by atoms with Gasteiger partial charge in [0.25, 0.3) is 0 Å². The molecule has 0 aliphatic rings. The highest BCUT2D eigenvalue weighted by Gasteiger charge is 2.00. The van der Waals surface area contributed by atoms with Gasteiger partial charge in [0.1, 0.15) is 0 Å². The second-order valence-corrected chi connectivity index (χ2v) is 3.94. The van der Waals surface area contributed by atoms with E-state index >= 15 is 0 Å². The monoisotopic (exact) mass is 239 g/mol. The summed E-state index contributed by atoms with van der Waals surface area (Å²) in [6, 6.07) is 0. The quantitative estimate of drug-likeness (QED) is 0.545. The number of hydrogen-bond donors (Lipinski definition) is 1. The minimum Gasteiger partial charge on any atom is -0.466 e. The minimum absolute atomic E-state index is 0.114. The first-order chi connectivity index (χ1) is 8.22. The van der Waals surface area contributed by atoms with E-state index < -0.39 is 0 Å². The van der Waals surface area contributed by atoms with Crippen molar-refractivity contribution >= 4 is 5.97 Å². The lowest BCUT2D eigenvalue weighted by Gasteiger charge is -2.05. The lowest BCUT2D eigenvalue weighted by atomic mass is 10.3. The number of nitrogens with zero attached hydrogens (tertiary/aromatic N) is 2. The lowest BCUT2D eigenvalue weighted by molar-refractivity contribution is -0.143. The van der Waals surface area contributed by atoms with Crippen molar-refractivity contribution in [3.8, 4) is 0 Å². The van der Waals surface area contributed by atoms with Crippen LogP contribution in [-0.2, 0) is 16.1 Å². The lowest BCUT2D eigenvalue weighted by Crippen LogP contribution is -2.22. The molecule has 0 aliphatic heterocycles. The van der Waals surface area contributed by atoms with Crippen LogP contribution < -0.4 is 5.32 Å². The van der Waals surface area contributed by atoms with Gasteiger partial charge in [-0.15, -0.1) is 0 Å². The molecule has 0 aliphatic carbocycles. The molecule has 1 N–H and O–H groups in total. The van der Waals surface area contributed by atoms with Gasteiger partial charge in [-0.3, -0.25) is 9.48 Å². The van der Waals surface area contributed by atoms with Crippen molar-refractivity contribution in [1.29, 1.82) is 0 Å². The highest BCUT2D eigenvalue weighted by Crippen LogP contribution is 1.93. The van der Waals surface area contributed by atoms with Crippen molar-refractivity contribution < 1.29 is 9.53 Å². The fourth-order valence-electron chi connectivity index (χ4n) is 1.50. The van der Waals surface area contributed by atoms with E-state index in [1.165, 1.54) is 5.56 Å². The molecule has 5 nitrogen and oxygen atoms in total. The average molecular weight is 239 g/mol. The molecule has 0 fully saturated rings. The van der Waals surface area contributed by atoms with E-state index in [1.54, 1.807) is 0 Å². The molecule has 1 heterocycles. The van der Waals surface area contributed by atoms with Crippen LogP contribution in [0, 0.1) is 6.92 Å². The van der Waals surface area contributed by atoms with Gasteiger partial charge in [-0.2, -0.15) is 5.10 Å². The van der Waals surface area contributed by atoms with E-state index in [-0.39, 0.29) is 5.97 Å². The second kappa shape index (κ2) is 7.84. The predicted octanol–water partition coefficient (Wildman–Crippen LogP) is 1.12. The molecule has 0 spiro atoms. The molecular formula is C12H21N3O2. The summed E-state index contributed by atoms with van der Waals surface area (Å²) in [5, 5.41) is 7.46. The Morgan fingerprint density at radius 2 is 2.35 bits per heavy atom. The highest BCUT2D eigenvalue weighted by atomic mass is 16.5. The zero-order valence-electron chi connectivity index (χ0n) is 10.6. The van der Waals surface area contributed by atoms with Gasteiger partial charge in [-0.1, -0.05) is 0 Å². The number of esters is 1. The average Bonchev–Trinajstić information content (AvgIpc) is 2.70. The Morgan fingerprint density at radius 1 is 1.53 bits per heavy atom. The van der Waals surface area contributed by atoms with Gasteiger partial charge in [0, 0.05) is 19.2 Å². The summed E-state index contributed by atoms with van der Waals surface area (Å²) >= 11 is 0. The Hall–Kier alpha value is -1.36. The summed E-state index contributed by atoms with van der Waals surface area (Å²) in [5.41, 5.74) is 1.17. The van der Waals surface area contributed by atoms with Gasteiger partial charge in [-0.25, -0.2) is 0 Å². The maximum Gasteiger partial charge on any atom is 0.305 e. The van der Waals surface area contributed by atoms with Crippen molar-refractivity contribution in [2.45, 2.75) is 33.2 Å². The molecule has 1 aromatic rings. The number of carbonyl (C=O) groups excluding carboxylic acids is 1. The van der Waals surface area contributed by atoms with Crippen LogP contribution in [0.3, 0.4) is 0 Å². The topological polar surface area (TPSA) is 56.1 Å². The van der Waals surface area contributed by atoms with Crippen LogP contribution in [0.25, 0.3) is 0 Å². The number of hydrogen-bond acceptors (Lipinski definition) is 4. The Bertz CT molecular complexity index is 336. The number of nitrogens with one attached hydrogen (secondary N) is 1. The Labute approximate surface area is 102 Å². The normalized spacial score (nSPS) is 10.5. The number of aromatic nitrogens is 2. The van der Waals surface area contributed by atoms with E-state index in [4.69, 9.17) is 4.74 Å². The van der Waals surface area contributed by atoms with E-state index in [2.05, 4.69) is 10.4 Å². The summed E-state index contributed by atoms with van der Waals surface area (Å²) in [4.78, 5) is 11.0. The number of rotatable bonds is 8. The summed E-state index contributed by atoms with van der Waals surface area (Å²) in [6.45, 7) is 6.86. The summed E-state index contributed by atoms with van der Waals surface area (Å²) < 4.78 is 6.75. The molecule has 1 rings (SSSR count). The molecule has 0 unspecified atom stereocenters. The third-order valence-corrected chi connectivity index (χ3v) is 2.32. The van der Waals surface area contributed by atoms with Crippen LogP contribution >= 0.6 is 0 Å². The van der Waals surface area contributed by atoms with Crippen molar-refractivity contribution in [1.82, 2.24) is 15.1 Å². The molecule has 96 valence electrons. The Kier molecular flexibility index (Phi) is 6.32. The van der Waals surface area contributed by atoms with Crippen molar-refractivity contribution in [3.63, 3.8) is 0 Å². The molecular weight excluding hydrogens is 218 g/mol. The maximum absolute atomic E-state index is 11.0. The van der Waals surface area contributed by atoms with Crippen LogP contribution in [0.2, 0.25) is 0 Å². The predicted molar refractivity (Wildman–Crippen MR) is 65.7 cm³/mol. The third kappa shape index (κ3) is 6.06. The van der Waals surface area contributed by atoms with Gasteiger partial charge < -0.3 is 10.1 Å². The molecule has 0 saturated carbocycles. The Morgan fingerprint density at radius 3 is 3.00 bits per heavy atom. The molecule has 5 heteroatoms. The molecule has 0 atom stereocenters. The van der Waals surface area contributed by atoms with Gasteiger partial charge in [-0.05, 0) is 32.4 Å². The number of carbonyl (C=O) groups is 1. The first kappa shape index (κ1) is 13.7. The Balaban J connectivity index is 1.96. The van der Waals surface area contributed by atoms with Crippen molar-refractivity contribution in [2.75, 3.05) is 19.7 Å². The van der Waals surface area contributed by atoms with E-state index in [0.29, 0.717) is 13.0 Å². The first-order valence-electron chi connectivity index (χ1n) is 6.07. The SMILES string of the molecule is CCOC(=O)CCCNCCn1cc(C)cn1. The number of ether oxygens (including phenoxy) is 1. The molecule has 0 saturated heterocycles. The standard InChI is InChI=1S/C12H21N3O2/c1-3-17-12(16)5-4-6-13-7-8-15-10-11(2)9-14-15/h9-10,13H,3-8H2,1-2H3. The zero-order chi connectivity index (χ0) is 12.5. The van der Waals surface area contributed by atoms with Crippen LogP contribution in [0.15, 0.2) is 12.4 Å². The van der Waals surface area contributed by atoms with E-state index in [1.807, 2.05) is 30.9 Å². The zero-order valence-corrected chi connectivity index (χ0v) is 10.6. The van der Waals surface area contributed by atoms with Crippen molar-refractivity contribution in [3.05, 3.63) is 18.0 Å². The first-order valence-corrected chi connectivity index (χ1v) is 6.07. The summed E-state index contributed by atoms with van der Waals surface area (Å²) in [7, 11) is 0. The van der Waals surface area contributed by atoms with Crippen LogP contribution in [0.5, 0.6) is 0 Å². The maximum atomic E-state index is 11.0. The van der Waals surface area contributed by atoms with E-state index in [9.17, 15) is 4.79 Å². The molecule has 17 heavy (non-hydrogen) atoms. The molecule has 0 amide bonds. The van der Waals surface area contributed by atoms with Gasteiger partial charge in [0.2, 0.25) is 0 Å². The van der Waals surface area contributed by atoms with Crippen LogP contribution in [0.1, 0.15) is 25.3 Å². The molecule has 0 bridgehead atoms. The summed E-state index contributed by atoms with van der Waals surface area (Å²) in [6.07, 6.45) is 5.17. The third-order valence-electron chi connectivity index (χ3n) is 2.32. The van der Waals surface area contributed by atoms with Gasteiger partial charge >= 0.3 is 5.97 Å². The van der Waals surface area contributed by atoms with E-state index in [0.717, 1.165) is 26.1 Å². The minimum atomic E-state index is -0.114. The molecule has 0 aromatic carbocycles. The van der Waals surface area contributed by atoms with Gasteiger partial charge in [0.05, 0.1) is 19.3 Å². The second-order valence-electron chi connectivity index (χ2n) is 3.94. The van der Waals surface area contributed by atoms with Gasteiger partial charge in [0.15, 0.2) is 0 Å². The molecule has 0 radical (unpaired) electrons. The highest BCUT2D eigenvalue weighted by molar-refractivity contribution is 5.69. The summed E-state index contributed by atoms with van der Waals surface area (Å²) in [5.74, 6) is -0.114. The van der Waals surface area contributed by atoms with Crippen LogP contribution in [-0.4, -0.2) is 35.4 Å².